The average Bonchev–Trinajstić information content (AvgIpc) is 2.48. The molecule has 0 radical (unpaired) electrons. The van der Waals surface area contributed by atoms with Crippen LogP contribution in [-0.4, -0.2) is 21.9 Å². The zero-order chi connectivity index (χ0) is 15.7. The zero-order valence-electron chi connectivity index (χ0n) is 12.7. The summed E-state index contributed by atoms with van der Waals surface area (Å²) in [5.74, 6) is -0.279. The second kappa shape index (κ2) is 14.2. The fraction of sp³-hybridized carbons (Fsp3) is 0.0667. The first-order chi connectivity index (χ1) is 10.0. The van der Waals surface area contributed by atoms with E-state index in [2.05, 4.69) is 0 Å². The SMILES string of the molecule is N.N.O=C(CC(=O)c1ccccc1)c1ccccc1.O=[N+]([O-])O.[Pt+2]. The minimum atomic E-state index is -1.50. The van der Waals surface area contributed by atoms with E-state index in [4.69, 9.17) is 15.3 Å². The number of nitrogens with zero attached hydrogens (tertiary/aromatic N) is 1. The topological polar surface area (TPSA) is 168 Å². The molecule has 2 aromatic carbocycles. The number of carbonyl (C=O) groups is 2. The number of benzene rings is 2. The molecule has 0 saturated carbocycles. The summed E-state index contributed by atoms with van der Waals surface area (Å²) in [7, 11) is 0. The van der Waals surface area contributed by atoms with Crippen molar-refractivity contribution < 1.29 is 40.9 Å². The molecule has 0 spiro atoms. The summed E-state index contributed by atoms with van der Waals surface area (Å²) in [5.41, 5.74) is 1.16. The van der Waals surface area contributed by atoms with E-state index in [1.54, 1.807) is 48.5 Å². The number of carbonyl (C=O) groups excluding carboxylic acids is 2. The summed E-state index contributed by atoms with van der Waals surface area (Å²) >= 11 is 0. The Labute approximate surface area is 153 Å². The molecular formula is C15H19N3O5Pt+2. The molecule has 0 bridgehead atoms. The van der Waals surface area contributed by atoms with Gasteiger partial charge >= 0.3 is 21.1 Å². The van der Waals surface area contributed by atoms with E-state index in [0.717, 1.165) is 0 Å². The van der Waals surface area contributed by atoms with Gasteiger partial charge in [0, 0.05) is 11.1 Å². The van der Waals surface area contributed by atoms with Crippen LogP contribution in [0.4, 0.5) is 0 Å². The van der Waals surface area contributed by atoms with Crippen LogP contribution in [0.3, 0.4) is 0 Å². The van der Waals surface area contributed by atoms with E-state index in [1.165, 1.54) is 0 Å². The second-order valence-electron chi connectivity index (χ2n) is 3.99. The van der Waals surface area contributed by atoms with Gasteiger partial charge in [0.2, 0.25) is 0 Å². The molecule has 2 rings (SSSR count). The first kappa shape index (κ1) is 26.5. The molecule has 0 unspecified atom stereocenters. The van der Waals surface area contributed by atoms with Crippen LogP contribution in [-0.2, 0) is 21.1 Å². The fourth-order valence-electron chi connectivity index (χ4n) is 1.60. The third-order valence-corrected chi connectivity index (χ3v) is 2.51. The summed E-state index contributed by atoms with van der Waals surface area (Å²) < 4.78 is 0. The maximum atomic E-state index is 11.8. The maximum Gasteiger partial charge on any atom is 2.00 e. The van der Waals surface area contributed by atoms with E-state index in [1.807, 2.05) is 12.1 Å². The molecule has 0 heterocycles. The van der Waals surface area contributed by atoms with Crippen LogP contribution in [0.25, 0.3) is 0 Å². The van der Waals surface area contributed by atoms with Crippen molar-refractivity contribution in [1.82, 2.24) is 12.3 Å². The summed E-state index contributed by atoms with van der Waals surface area (Å²) in [6.45, 7) is 0. The Hall–Kier alpha value is -2.41. The van der Waals surface area contributed by atoms with Crippen molar-refractivity contribution in [1.29, 1.82) is 0 Å². The first-order valence-electron chi connectivity index (χ1n) is 6.00. The fourth-order valence-corrected chi connectivity index (χ4v) is 1.60. The van der Waals surface area contributed by atoms with Crippen molar-refractivity contribution in [3.05, 3.63) is 81.9 Å². The molecule has 7 N–H and O–H groups in total. The predicted octanol–water partition coefficient (Wildman–Crippen LogP) is 3.12. The second-order valence-corrected chi connectivity index (χ2v) is 3.99. The smallest absolute Gasteiger partial charge is 0.344 e. The van der Waals surface area contributed by atoms with Crippen LogP contribution >= 0.6 is 0 Å². The molecule has 0 aliphatic carbocycles. The molecule has 24 heavy (non-hydrogen) atoms. The standard InChI is InChI=1S/C15H12O2.HNO3.2H3N.Pt/c16-14(12-7-3-1-4-8-12)11-15(17)13-9-5-2-6-10-13;2-1(3)4;;;/h1-10H,11H2;(H,2,3,4);2*1H3;/q;;;;+2. The predicted molar refractivity (Wildman–Crippen MR) is 85.0 cm³/mol. The van der Waals surface area contributed by atoms with Gasteiger partial charge in [-0.15, -0.1) is 10.1 Å². The minimum absolute atomic E-state index is 0. The van der Waals surface area contributed by atoms with Crippen molar-refractivity contribution in [3.8, 4) is 0 Å². The van der Waals surface area contributed by atoms with Gasteiger partial charge in [0.05, 0.1) is 6.42 Å². The van der Waals surface area contributed by atoms with E-state index in [-0.39, 0.29) is 51.4 Å². The molecule has 0 fully saturated rings. The van der Waals surface area contributed by atoms with Crippen molar-refractivity contribution in [2.45, 2.75) is 6.42 Å². The van der Waals surface area contributed by atoms with Gasteiger partial charge in [-0.1, -0.05) is 60.7 Å². The number of rotatable bonds is 4. The van der Waals surface area contributed by atoms with Gasteiger partial charge in [-0.2, -0.15) is 0 Å². The Morgan fingerprint density at radius 3 is 1.33 bits per heavy atom. The summed E-state index contributed by atoms with van der Waals surface area (Å²) in [6, 6.07) is 17.7. The number of ketones is 2. The quantitative estimate of drug-likeness (QED) is 0.243. The Morgan fingerprint density at radius 1 is 0.833 bits per heavy atom. The van der Waals surface area contributed by atoms with Crippen molar-refractivity contribution >= 4 is 11.6 Å². The molecule has 0 aliphatic rings. The van der Waals surface area contributed by atoms with Gasteiger partial charge in [0.15, 0.2) is 11.6 Å². The minimum Gasteiger partial charge on any atom is -0.344 e. The molecule has 0 amide bonds. The molecule has 0 aromatic heterocycles. The molecule has 0 aliphatic heterocycles. The van der Waals surface area contributed by atoms with Crippen molar-refractivity contribution in [2.24, 2.45) is 0 Å². The number of hydrogen-bond donors (Lipinski definition) is 3. The maximum absolute atomic E-state index is 11.8. The van der Waals surface area contributed by atoms with Gasteiger partial charge in [-0.3, -0.25) is 9.59 Å². The van der Waals surface area contributed by atoms with E-state index in [0.29, 0.717) is 11.1 Å². The molecular weight excluding hydrogens is 497 g/mol. The van der Waals surface area contributed by atoms with Crippen LogP contribution in [0.15, 0.2) is 60.7 Å². The normalized spacial score (nSPS) is 8.00. The largest absolute Gasteiger partial charge is 2.00 e. The van der Waals surface area contributed by atoms with Crippen LogP contribution in [0.5, 0.6) is 0 Å². The Bertz CT molecular complexity index is 570. The van der Waals surface area contributed by atoms with Gasteiger partial charge in [0.25, 0.3) is 5.09 Å². The average molecular weight is 516 g/mol. The van der Waals surface area contributed by atoms with Crippen LogP contribution in [0.2, 0.25) is 0 Å². The molecule has 2 aromatic rings. The van der Waals surface area contributed by atoms with Crippen molar-refractivity contribution in [2.75, 3.05) is 0 Å². The van der Waals surface area contributed by atoms with Crippen molar-refractivity contribution in [3.63, 3.8) is 0 Å². The number of Topliss-reactive ketones (excluding diaryl/α,β-unsaturated/α-hetero) is 2. The van der Waals surface area contributed by atoms with Gasteiger partial charge in [0.1, 0.15) is 0 Å². The summed E-state index contributed by atoms with van der Waals surface area (Å²) in [4.78, 5) is 32.0. The molecule has 9 heteroatoms. The van der Waals surface area contributed by atoms with E-state index < -0.39 is 5.09 Å². The molecule has 0 saturated heterocycles. The van der Waals surface area contributed by atoms with Crippen LogP contribution in [0.1, 0.15) is 27.1 Å². The third kappa shape index (κ3) is 10.3. The van der Waals surface area contributed by atoms with Gasteiger partial charge < -0.3 is 17.5 Å². The monoisotopic (exact) mass is 516 g/mol. The van der Waals surface area contributed by atoms with Crippen LogP contribution in [0, 0.1) is 10.1 Å². The first-order valence-corrected chi connectivity index (χ1v) is 6.00. The Balaban J connectivity index is -0.000000571. The molecule has 132 valence electrons. The number of hydrogen-bond acceptors (Lipinski definition) is 6. The van der Waals surface area contributed by atoms with E-state index >= 15 is 0 Å². The Morgan fingerprint density at radius 2 is 1.08 bits per heavy atom. The van der Waals surface area contributed by atoms with E-state index in [9.17, 15) is 9.59 Å². The third-order valence-electron chi connectivity index (χ3n) is 2.51. The Kier molecular flexibility index (Phi) is 15.7. The van der Waals surface area contributed by atoms with Crippen LogP contribution < -0.4 is 12.3 Å². The van der Waals surface area contributed by atoms with Gasteiger partial charge in [-0.05, 0) is 0 Å². The summed E-state index contributed by atoms with van der Waals surface area (Å²) in [6.07, 6.45) is -0.0754. The zero-order valence-corrected chi connectivity index (χ0v) is 15.0. The molecule has 8 nitrogen and oxygen atoms in total. The molecule has 0 atom stereocenters. The summed E-state index contributed by atoms with van der Waals surface area (Å²) in [5, 5.41) is 13.6. The van der Waals surface area contributed by atoms with Gasteiger partial charge in [-0.25, -0.2) is 0 Å².